The van der Waals surface area contributed by atoms with E-state index in [-0.39, 0.29) is 6.03 Å². The molecule has 0 atom stereocenters. The molecular weight excluding hydrogens is 266 g/mol. The van der Waals surface area contributed by atoms with Crippen LogP contribution < -0.4 is 10.6 Å². The maximum atomic E-state index is 11.8. The molecule has 2 aromatic carbocycles. The molecule has 0 unspecified atom stereocenters. The van der Waals surface area contributed by atoms with Crippen molar-refractivity contribution in [1.82, 2.24) is 15.0 Å². The normalized spacial score (nSPS) is 10.1. The molecule has 0 fully saturated rings. The Kier molecular flexibility index (Phi) is 3.60. The molecule has 21 heavy (non-hydrogen) atoms. The predicted octanol–water partition coefficient (Wildman–Crippen LogP) is 2.91. The molecule has 104 valence electrons. The Balaban J connectivity index is 1.66. The van der Waals surface area contributed by atoms with Crippen molar-refractivity contribution in [2.45, 2.75) is 0 Å². The molecule has 6 heteroatoms. The maximum Gasteiger partial charge on any atom is 0.324 e. The number of aromatic nitrogens is 3. The number of anilines is 2. The molecule has 0 radical (unpaired) electrons. The van der Waals surface area contributed by atoms with E-state index in [1.54, 1.807) is 12.1 Å². The summed E-state index contributed by atoms with van der Waals surface area (Å²) in [4.78, 5) is 13.3. The van der Waals surface area contributed by atoms with E-state index < -0.39 is 0 Å². The van der Waals surface area contributed by atoms with E-state index in [0.29, 0.717) is 11.5 Å². The van der Waals surface area contributed by atoms with Crippen LogP contribution in [0, 0.1) is 0 Å². The summed E-state index contributed by atoms with van der Waals surface area (Å²) in [5, 5.41) is 13.7. The van der Waals surface area contributed by atoms with Crippen LogP contribution in [0.4, 0.5) is 16.3 Å². The Morgan fingerprint density at radius 1 is 0.905 bits per heavy atom. The van der Waals surface area contributed by atoms with E-state index in [1.165, 1.54) is 11.0 Å². The summed E-state index contributed by atoms with van der Waals surface area (Å²) in [6, 6.07) is 18.3. The summed E-state index contributed by atoms with van der Waals surface area (Å²) in [5.74, 6) is 0.382. The Hall–Kier alpha value is -3.15. The summed E-state index contributed by atoms with van der Waals surface area (Å²) >= 11 is 0. The fourth-order valence-electron chi connectivity index (χ4n) is 1.81. The monoisotopic (exact) mass is 279 g/mol. The molecular formula is C15H13N5O. The lowest BCUT2D eigenvalue weighted by molar-refractivity contribution is 0.262. The number of amides is 2. The van der Waals surface area contributed by atoms with Crippen molar-refractivity contribution in [1.29, 1.82) is 0 Å². The molecule has 0 spiro atoms. The molecule has 2 N–H and O–H groups in total. The fourth-order valence-corrected chi connectivity index (χ4v) is 1.81. The number of carbonyl (C=O) groups is 1. The lowest BCUT2D eigenvalue weighted by Crippen LogP contribution is -2.19. The summed E-state index contributed by atoms with van der Waals surface area (Å²) in [6.07, 6.45) is 1.50. The zero-order chi connectivity index (χ0) is 14.5. The van der Waals surface area contributed by atoms with Gasteiger partial charge < -0.3 is 5.32 Å². The second-order valence-corrected chi connectivity index (χ2v) is 4.30. The van der Waals surface area contributed by atoms with Gasteiger partial charge in [-0.05, 0) is 24.3 Å². The molecule has 3 aromatic rings. The van der Waals surface area contributed by atoms with Crippen molar-refractivity contribution in [2.24, 2.45) is 0 Å². The average Bonchev–Trinajstić information content (AvgIpc) is 2.97. The standard InChI is InChI=1S/C15H13N5O/c21-15(17-12-7-3-1-4-8-12)18-14-11-16-20(19-14)13-9-5-2-6-10-13/h1-11H,(H2,17,18,19,21). The van der Waals surface area contributed by atoms with Crippen molar-refractivity contribution in [2.75, 3.05) is 10.6 Å². The first-order valence-corrected chi connectivity index (χ1v) is 6.42. The SMILES string of the molecule is O=C(Nc1ccccc1)Nc1cnn(-c2ccccc2)n1. The van der Waals surface area contributed by atoms with Gasteiger partial charge in [0.25, 0.3) is 0 Å². The van der Waals surface area contributed by atoms with Crippen LogP contribution in [-0.2, 0) is 0 Å². The number of hydrogen-bond donors (Lipinski definition) is 2. The predicted molar refractivity (Wildman–Crippen MR) is 80.4 cm³/mol. The molecule has 6 nitrogen and oxygen atoms in total. The van der Waals surface area contributed by atoms with Crippen molar-refractivity contribution in [3.8, 4) is 5.69 Å². The summed E-state index contributed by atoms with van der Waals surface area (Å²) in [7, 11) is 0. The first-order valence-electron chi connectivity index (χ1n) is 6.42. The minimum Gasteiger partial charge on any atom is -0.308 e. The van der Waals surface area contributed by atoms with Crippen molar-refractivity contribution >= 4 is 17.5 Å². The van der Waals surface area contributed by atoms with Gasteiger partial charge in [-0.3, -0.25) is 5.32 Å². The molecule has 1 aromatic heterocycles. The van der Waals surface area contributed by atoms with Gasteiger partial charge in [0, 0.05) is 5.69 Å². The van der Waals surface area contributed by atoms with Crippen LogP contribution in [0.15, 0.2) is 66.9 Å². The van der Waals surface area contributed by atoms with Crippen molar-refractivity contribution in [3.05, 3.63) is 66.9 Å². The second-order valence-electron chi connectivity index (χ2n) is 4.30. The first-order chi connectivity index (χ1) is 10.3. The largest absolute Gasteiger partial charge is 0.324 e. The van der Waals surface area contributed by atoms with Gasteiger partial charge in [-0.1, -0.05) is 36.4 Å². The van der Waals surface area contributed by atoms with E-state index in [2.05, 4.69) is 20.8 Å². The van der Waals surface area contributed by atoms with Crippen LogP contribution in [0.5, 0.6) is 0 Å². The summed E-state index contributed by atoms with van der Waals surface area (Å²) in [5.41, 5.74) is 1.54. The Bertz CT molecular complexity index is 724. The third kappa shape index (κ3) is 3.24. The van der Waals surface area contributed by atoms with E-state index >= 15 is 0 Å². The lowest BCUT2D eigenvalue weighted by Gasteiger charge is -2.04. The van der Waals surface area contributed by atoms with Crippen LogP contribution >= 0.6 is 0 Å². The van der Waals surface area contributed by atoms with Crippen molar-refractivity contribution in [3.63, 3.8) is 0 Å². The third-order valence-electron chi connectivity index (χ3n) is 2.75. The first kappa shape index (κ1) is 12.9. The highest BCUT2D eigenvalue weighted by atomic mass is 16.2. The zero-order valence-electron chi connectivity index (χ0n) is 11.1. The highest BCUT2D eigenvalue weighted by Gasteiger charge is 2.06. The molecule has 0 aliphatic rings. The molecule has 0 saturated heterocycles. The Morgan fingerprint density at radius 3 is 2.29 bits per heavy atom. The summed E-state index contributed by atoms with van der Waals surface area (Å²) in [6.45, 7) is 0. The van der Waals surface area contributed by atoms with Gasteiger partial charge in [0.2, 0.25) is 0 Å². The van der Waals surface area contributed by atoms with E-state index in [9.17, 15) is 4.79 Å². The smallest absolute Gasteiger partial charge is 0.308 e. The Labute approximate surface area is 121 Å². The zero-order valence-corrected chi connectivity index (χ0v) is 11.1. The molecule has 0 bridgehead atoms. The summed E-state index contributed by atoms with van der Waals surface area (Å²) < 4.78 is 0. The second kappa shape index (κ2) is 5.87. The van der Waals surface area contributed by atoms with Crippen LogP contribution in [0.25, 0.3) is 5.69 Å². The fraction of sp³-hybridized carbons (Fsp3) is 0. The van der Waals surface area contributed by atoms with Crippen LogP contribution in [0.1, 0.15) is 0 Å². The number of nitrogens with zero attached hydrogens (tertiary/aromatic N) is 3. The van der Waals surface area contributed by atoms with Gasteiger partial charge >= 0.3 is 6.03 Å². The van der Waals surface area contributed by atoms with Crippen LogP contribution in [0.2, 0.25) is 0 Å². The molecule has 3 rings (SSSR count). The molecule has 0 saturated carbocycles. The van der Waals surface area contributed by atoms with Crippen molar-refractivity contribution < 1.29 is 4.79 Å². The number of nitrogens with one attached hydrogen (secondary N) is 2. The van der Waals surface area contributed by atoms with E-state index in [1.807, 2.05) is 48.5 Å². The highest BCUT2D eigenvalue weighted by molar-refractivity contribution is 5.98. The van der Waals surface area contributed by atoms with Gasteiger partial charge in [0.15, 0.2) is 5.82 Å². The quantitative estimate of drug-likeness (QED) is 0.774. The Morgan fingerprint density at radius 2 is 1.57 bits per heavy atom. The number of carbonyl (C=O) groups excluding carboxylic acids is 1. The minimum atomic E-state index is -0.360. The number of para-hydroxylation sites is 2. The third-order valence-corrected chi connectivity index (χ3v) is 2.75. The average molecular weight is 279 g/mol. The highest BCUT2D eigenvalue weighted by Crippen LogP contribution is 2.09. The van der Waals surface area contributed by atoms with Crippen LogP contribution in [0.3, 0.4) is 0 Å². The molecule has 2 amide bonds. The van der Waals surface area contributed by atoms with E-state index in [0.717, 1.165) is 5.69 Å². The van der Waals surface area contributed by atoms with Gasteiger partial charge in [-0.2, -0.15) is 5.10 Å². The van der Waals surface area contributed by atoms with Gasteiger partial charge in [-0.15, -0.1) is 9.90 Å². The molecule has 0 aliphatic heterocycles. The minimum absolute atomic E-state index is 0.360. The van der Waals surface area contributed by atoms with E-state index in [4.69, 9.17) is 0 Å². The number of urea groups is 1. The van der Waals surface area contributed by atoms with Gasteiger partial charge in [0.1, 0.15) is 0 Å². The number of rotatable bonds is 3. The van der Waals surface area contributed by atoms with Crippen LogP contribution in [-0.4, -0.2) is 21.0 Å². The molecule has 0 aliphatic carbocycles. The number of benzene rings is 2. The lowest BCUT2D eigenvalue weighted by atomic mass is 10.3. The maximum absolute atomic E-state index is 11.8. The van der Waals surface area contributed by atoms with Gasteiger partial charge in [0.05, 0.1) is 11.9 Å². The topological polar surface area (TPSA) is 71.8 Å². The number of hydrogen-bond acceptors (Lipinski definition) is 3. The van der Waals surface area contributed by atoms with Gasteiger partial charge in [-0.25, -0.2) is 4.79 Å². The molecule has 1 heterocycles.